The second-order valence-electron chi connectivity index (χ2n) is 8.23. The molecule has 32 heavy (non-hydrogen) atoms. The fourth-order valence-corrected chi connectivity index (χ4v) is 3.59. The van der Waals surface area contributed by atoms with Crippen molar-refractivity contribution in [1.29, 1.82) is 0 Å². The van der Waals surface area contributed by atoms with E-state index in [1.165, 1.54) is 6.33 Å². The van der Waals surface area contributed by atoms with Crippen LogP contribution in [0.5, 0.6) is 5.75 Å². The smallest absolute Gasteiger partial charge is 0.309 e. The number of hydrogen-bond acceptors (Lipinski definition) is 5. The van der Waals surface area contributed by atoms with E-state index >= 15 is 0 Å². The molecule has 0 bridgehead atoms. The molecular weight excluding hydrogens is 408 g/mol. The summed E-state index contributed by atoms with van der Waals surface area (Å²) >= 11 is 0. The predicted octanol–water partition coefficient (Wildman–Crippen LogP) is 4.03. The Bertz CT molecular complexity index is 1350. The van der Waals surface area contributed by atoms with Gasteiger partial charge in [0.15, 0.2) is 11.2 Å². The minimum atomic E-state index is -0.860. The second kappa shape index (κ2) is 8.30. The number of carboxylic acid groups (broad SMARTS) is 1. The summed E-state index contributed by atoms with van der Waals surface area (Å²) in [6.45, 7) is 5.76. The number of carboxylic acids is 1. The van der Waals surface area contributed by atoms with Gasteiger partial charge < -0.3 is 19.8 Å². The molecule has 164 valence electrons. The zero-order valence-electron chi connectivity index (χ0n) is 18.1. The number of aromatic nitrogens is 4. The summed E-state index contributed by atoms with van der Waals surface area (Å²) < 4.78 is 5.86. The van der Waals surface area contributed by atoms with Crippen LogP contribution in [-0.4, -0.2) is 37.6 Å². The minimum absolute atomic E-state index is 0.303. The van der Waals surface area contributed by atoms with Crippen molar-refractivity contribution in [2.45, 2.75) is 27.2 Å². The molecule has 0 spiro atoms. The Balaban J connectivity index is 1.74. The second-order valence-corrected chi connectivity index (χ2v) is 8.23. The summed E-state index contributed by atoms with van der Waals surface area (Å²) in [5, 5.41) is 9.44. The Morgan fingerprint density at radius 1 is 1.16 bits per heavy atom. The molecule has 0 aliphatic rings. The number of H-pyrrole nitrogens is 2. The van der Waals surface area contributed by atoms with Crippen molar-refractivity contribution in [2.24, 2.45) is 5.41 Å². The summed E-state index contributed by atoms with van der Waals surface area (Å²) in [7, 11) is 0. The van der Waals surface area contributed by atoms with Gasteiger partial charge in [-0.1, -0.05) is 30.3 Å². The lowest BCUT2D eigenvalue weighted by molar-refractivity contribution is -0.146. The van der Waals surface area contributed by atoms with E-state index in [9.17, 15) is 14.7 Å². The molecule has 0 saturated carbocycles. The fraction of sp³-hybridized carbons (Fsp3) is 0.250. The molecule has 0 fully saturated rings. The maximum absolute atomic E-state index is 12.3. The summed E-state index contributed by atoms with van der Waals surface area (Å²) in [6, 6.07) is 13.5. The Hall–Kier alpha value is -3.94. The van der Waals surface area contributed by atoms with Crippen LogP contribution in [0.25, 0.3) is 33.7 Å². The van der Waals surface area contributed by atoms with E-state index < -0.39 is 11.4 Å². The Morgan fingerprint density at radius 3 is 2.69 bits per heavy atom. The van der Waals surface area contributed by atoms with Gasteiger partial charge in [0.1, 0.15) is 11.6 Å². The van der Waals surface area contributed by atoms with Crippen molar-refractivity contribution in [3.8, 4) is 28.3 Å². The molecule has 8 heteroatoms. The number of imidazole rings is 1. The maximum atomic E-state index is 12.3. The van der Waals surface area contributed by atoms with Crippen LogP contribution in [0, 0.1) is 5.41 Å². The summed E-state index contributed by atoms with van der Waals surface area (Å²) in [5.74, 6) is 0.127. The number of fused-ring (bicyclic) bond motifs is 1. The molecule has 0 unspecified atom stereocenters. The third kappa shape index (κ3) is 4.12. The Kier molecular flexibility index (Phi) is 5.52. The monoisotopic (exact) mass is 432 g/mol. The zero-order valence-corrected chi connectivity index (χ0v) is 18.1. The van der Waals surface area contributed by atoms with Gasteiger partial charge in [0.05, 0.1) is 23.9 Å². The first-order valence-electron chi connectivity index (χ1n) is 10.3. The number of rotatable bonds is 7. The predicted molar refractivity (Wildman–Crippen MR) is 122 cm³/mol. The van der Waals surface area contributed by atoms with Gasteiger partial charge in [-0.05, 0) is 56.0 Å². The van der Waals surface area contributed by atoms with Gasteiger partial charge in [0.2, 0.25) is 0 Å². The standard InChI is InChI=1S/C24H24N4O4/c1-4-32-18-11-16(15-7-5-6-14(10-15)12-24(2,3)23(30)31)8-9-17(18)20-27-21-19(22(29)28-20)25-13-26-21/h5-11,13H,4,12H2,1-3H3,(H,30,31)(H2,25,26,27,28,29). The summed E-state index contributed by atoms with van der Waals surface area (Å²) in [4.78, 5) is 37.9. The Morgan fingerprint density at radius 2 is 1.94 bits per heavy atom. The third-order valence-corrected chi connectivity index (χ3v) is 5.32. The van der Waals surface area contributed by atoms with Crippen molar-refractivity contribution < 1.29 is 14.6 Å². The SMILES string of the molecule is CCOc1cc(-c2cccc(CC(C)(C)C(=O)O)c2)ccc1-c1nc2nc[nH]c2c(=O)[nH]1. The van der Waals surface area contributed by atoms with Gasteiger partial charge in [-0.15, -0.1) is 0 Å². The molecule has 0 amide bonds. The third-order valence-electron chi connectivity index (χ3n) is 5.32. The molecule has 2 aromatic heterocycles. The molecular formula is C24H24N4O4. The van der Waals surface area contributed by atoms with E-state index in [0.29, 0.717) is 41.3 Å². The minimum Gasteiger partial charge on any atom is -0.493 e. The first-order chi connectivity index (χ1) is 15.3. The summed E-state index contributed by atoms with van der Waals surface area (Å²) in [5.41, 5.74) is 2.95. The van der Waals surface area contributed by atoms with Crippen LogP contribution in [0.4, 0.5) is 0 Å². The fourth-order valence-electron chi connectivity index (χ4n) is 3.59. The average molecular weight is 432 g/mol. The lowest BCUT2D eigenvalue weighted by atomic mass is 9.85. The van der Waals surface area contributed by atoms with Crippen molar-refractivity contribution in [3.05, 3.63) is 64.7 Å². The van der Waals surface area contributed by atoms with Crippen LogP contribution in [0.15, 0.2) is 53.6 Å². The molecule has 0 radical (unpaired) electrons. The van der Waals surface area contributed by atoms with Crippen molar-refractivity contribution in [3.63, 3.8) is 0 Å². The number of nitrogens with one attached hydrogen (secondary N) is 2. The number of hydrogen-bond donors (Lipinski definition) is 3. The molecule has 4 rings (SSSR count). The number of carbonyl (C=O) groups is 1. The first-order valence-corrected chi connectivity index (χ1v) is 10.3. The first kappa shape index (κ1) is 21.3. The molecule has 2 aromatic carbocycles. The maximum Gasteiger partial charge on any atom is 0.309 e. The van der Waals surface area contributed by atoms with Crippen LogP contribution >= 0.6 is 0 Å². The van der Waals surface area contributed by atoms with E-state index in [1.807, 2.05) is 49.4 Å². The van der Waals surface area contributed by atoms with Gasteiger partial charge in [-0.2, -0.15) is 0 Å². The van der Waals surface area contributed by atoms with E-state index in [4.69, 9.17) is 4.74 Å². The molecule has 0 aliphatic heterocycles. The molecule has 0 atom stereocenters. The highest BCUT2D eigenvalue weighted by atomic mass is 16.5. The summed E-state index contributed by atoms with van der Waals surface area (Å²) in [6.07, 6.45) is 1.85. The normalized spacial score (nSPS) is 11.6. The van der Waals surface area contributed by atoms with Crippen LogP contribution in [0.2, 0.25) is 0 Å². The van der Waals surface area contributed by atoms with Gasteiger partial charge >= 0.3 is 5.97 Å². The van der Waals surface area contributed by atoms with Crippen LogP contribution in [0.3, 0.4) is 0 Å². The number of ether oxygens (including phenoxy) is 1. The van der Waals surface area contributed by atoms with Crippen molar-refractivity contribution in [1.82, 2.24) is 19.9 Å². The van der Waals surface area contributed by atoms with Crippen LogP contribution in [-0.2, 0) is 11.2 Å². The van der Waals surface area contributed by atoms with Crippen molar-refractivity contribution in [2.75, 3.05) is 6.61 Å². The Labute approximate surface area is 184 Å². The highest BCUT2D eigenvalue weighted by Gasteiger charge is 2.27. The zero-order chi connectivity index (χ0) is 22.9. The molecule has 3 N–H and O–H groups in total. The number of nitrogens with zero attached hydrogens (tertiary/aromatic N) is 2. The molecule has 0 aliphatic carbocycles. The molecule has 4 aromatic rings. The van der Waals surface area contributed by atoms with Gasteiger partial charge in [0.25, 0.3) is 5.56 Å². The lowest BCUT2D eigenvalue weighted by Crippen LogP contribution is -2.26. The quantitative estimate of drug-likeness (QED) is 0.405. The number of aromatic amines is 2. The molecule has 0 saturated heterocycles. The topological polar surface area (TPSA) is 121 Å². The highest BCUT2D eigenvalue weighted by Crippen LogP contribution is 2.34. The van der Waals surface area contributed by atoms with Crippen LogP contribution < -0.4 is 10.3 Å². The largest absolute Gasteiger partial charge is 0.493 e. The van der Waals surface area contributed by atoms with Gasteiger partial charge in [0, 0.05) is 0 Å². The average Bonchev–Trinajstić information content (AvgIpc) is 3.23. The molecule has 2 heterocycles. The number of aliphatic carboxylic acids is 1. The van der Waals surface area contributed by atoms with Gasteiger partial charge in [-0.25, -0.2) is 9.97 Å². The highest BCUT2D eigenvalue weighted by molar-refractivity contribution is 5.77. The van der Waals surface area contributed by atoms with Crippen molar-refractivity contribution >= 4 is 17.1 Å². The number of benzene rings is 2. The lowest BCUT2D eigenvalue weighted by Gasteiger charge is -2.19. The van der Waals surface area contributed by atoms with Crippen LogP contribution in [0.1, 0.15) is 26.3 Å². The van der Waals surface area contributed by atoms with Gasteiger partial charge in [-0.3, -0.25) is 9.59 Å². The van der Waals surface area contributed by atoms with E-state index in [0.717, 1.165) is 16.7 Å². The van der Waals surface area contributed by atoms with E-state index in [1.54, 1.807) is 13.8 Å². The van der Waals surface area contributed by atoms with E-state index in [2.05, 4.69) is 19.9 Å². The van der Waals surface area contributed by atoms with E-state index in [-0.39, 0.29) is 5.56 Å². The molecule has 8 nitrogen and oxygen atoms in total.